The number of aliphatic imine (C=N–C) groups is 2. The van der Waals surface area contributed by atoms with Crippen molar-refractivity contribution in [1.29, 1.82) is 0 Å². The largest absolute Gasteiger partial charge is 0.426 e. The van der Waals surface area contributed by atoms with Crippen LogP contribution in [0.1, 0.15) is 99.4 Å². The lowest BCUT2D eigenvalue weighted by Gasteiger charge is -2.19. The highest BCUT2D eigenvalue weighted by Crippen LogP contribution is 2.46. The van der Waals surface area contributed by atoms with Crippen LogP contribution >= 0.6 is 0 Å². The summed E-state index contributed by atoms with van der Waals surface area (Å²) in [7, 11) is 0. The Hall–Kier alpha value is -6.80. The minimum absolute atomic E-state index is 0.0414. The minimum atomic E-state index is -0.413. The summed E-state index contributed by atoms with van der Waals surface area (Å²) in [6.07, 6.45) is 6.13. The van der Waals surface area contributed by atoms with Crippen molar-refractivity contribution in [2.45, 2.75) is 94.9 Å². The fourth-order valence-corrected chi connectivity index (χ4v) is 9.37. The lowest BCUT2D eigenvalue weighted by atomic mass is 9.92. The van der Waals surface area contributed by atoms with Gasteiger partial charge >= 0.3 is 11.9 Å². The van der Waals surface area contributed by atoms with E-state index >= 15 is 0 Å². The number of ether oxygens (including phenoxy) is 2. The standard InChI is InChI=1S/C54H54N4O4/c1-11-39-29(3)45(55-33(39)7)27-47-31(5)43(35(9)57-47)25-51(59)61-49-23-21-37-17-13-15-19-41(37)53(49)54-42-20-16-14-18-38(42)22-24-50(54)62-52(60)26-44-32(6)48(58-36(44)10)28-46-30(4)40(12-2)34(8)56-46/h13-24,27-28,55-56H,11-12,25-26H2,1-10H3/b47-27-,48-28?. The summed E-state index contributed by atoms with van der Waals surface area (Å²) in [6.45, 7) is 20.7. The van der Waals surface area contributed by atoms with Gasteiger partial charge in [-0.3, -0.25) is 19.6 Å². The third-order valence-electron chi connectivity index (χ3n) is 12.8. The molecule has 2 aliphatic heterocycles. The Morgan fingerprint density at radius 1 is 0.548 bits per heavy atom. The van der Waals surface area contributed by atoms with Crippen molar-refractivity contribution in [2.24, 2.45) is 9.98 Å². The summed E-state index contributed by atoms with van der Waals surface area (Å²) in [5.41, 5.74) is 17.6. The summed E-state index contributed by atoms with van der Waals surface area (Å²) in [5, 5.41) is 3.64. The van der Waals surface area contributed by atoms with Crippen LogP contribution in [0.5, 0.6) is 11.5 Å². The summed E-state index contributed by atoms with van der Waals surface area (Å²) >= 11 is 0. The van der Waals surface area contributed by atoms with E-state index in [1.807, 2.05) is 100 Å². The maximum Gasteiger partial charge on any atom is 0.315 e. The molecule has 2 N–H and O–H groups in total. The average Bonchev–Trinajstić information content (AvgIpc) is 3.88. The number of hydrogen-bond acceptors (Lipinski definition) is 6. The average molecular weight is 823 g/mol. The molecule has 314 valence electrons. The smallest absolute Gasteiger partial charge is 0.315 e. The Morgan fingerprint density at radius 2 is 0.935 bits per heavy atom. The number of carbonyl (C=O) groups excluding carboxylic acids is 2. The molecule has 8 heteroatoms. The summed E-state index contributed by atoms with van der Waals surface area (Å²) in [6, 6.07) is 23.6. The van der Waals surface area contributed by atoms with Crippen molar-refractivity contribution in [3.63, 3.8) is 0 Å². The molecule has 8 nitrogen and oxygen atoms in total. The minimum Gasteiger partial charge on any atom is -0.426 e. The van der Waals surface area contributed by atoms with E-state index in [0.29, 0.717) is 22.6 Å². The van der Waals surface area contributed by atoms with Gasteiger partial charge in [0.05, 0.1) is 24.2 Å². The number of aromatic amines is 2. The van der Waals surface area contributed by atoms with Crippen molar-refractivity contribution in [1.82, 2.24) is 9.97 Å². The highest BCUT2D eigenvalue weighted by molar-refractivity contribution is 6.12. The number of aromatic nitrogens is 2. The zero-order valence-corrected chi connectivity index (χ0v) is 37.4. The van der Waals surface area contributed by atoms with E-state index in [4.69, 9.17) is 19.5 Å². The second kappa shape index (κ2) is 16.9. The van der Waals surface area contributed by atoms with E-state index in [0.717, 1.165) is 102 Å². The highest BCUT2D eigenvalue weighted by Gasteiger charge is 2.27. The molecule has 6 aromatic rings. The lowest BCUT2D eigenvalue weighted by Crippen LogP contribution is -2.13. The number of allylic oxidation sites excluding steroid dienone is 2. The lowest BCUT2D eigenvalue weighted by molar-refractivity contribution is -0.134. The molecule has 8 rings (SSSR count). The van der Waals surface area contributed by atoms with Crippen molar-refractivity contribution in [3.8, 4) is 22.6 Å². The first-order chi connectivity index (χ1) is 29.8. The number of H-pyrrole nitrogens is 2. The van der Waals surface area contributed by atoms with E-state index in [-0.39, 0.29) is 12.8 Å². The van der Waals surface area contributed by atoms with Gasteiger partial charge in [0.15, 0.2) is 0 Å². The monoisotopic (exact) mass is 822 g/mol. The Morgan fingerprint density at radius 3 is 1.31 bits per heavy atom. The van der Waals surface area contributed by atoms with Crippen molar-refractivity contribution < 1.29 is 19.1 Å². The molecule has 0 saturated carbocycles. The first kappa shape index (κ1) is 41.9. The molecule has 0 amide bonds. The normalized spacial score (nSPS) is 15.5. The van der Waals surface area contributed by atoms with Gasteiger partial charge in [0.1, 0.15) is 11.5 Å². The van der Waals surface area contributed by atoms with Gasteiger partial charge in [0.25, 0.3) is 0 Å². The molecule has 2 aliphatic rings. The molecule has 62 heavy (non-hydrogen) atoms. The van der Waals surface area contributed by atoms with Crippen molar-refractivity contribution >= 4 is 57.1 Å². The van der Waals surface area contributed by atoms with Gasteiger partial charge in [0, 0.05) is 45.3 Å². The van der Waals surface area contributed by atoms with Crippen LogP contribution in [0, 0.1) is 27.7 Å². The molecule has 0 unspecified atom stereocenters. The molecule has 4 aromatic carbocycles. The second-order valence-corrected chi connectivity index (χ2v) is 16.5. The van der Waals surface area contributed by atoms with Crippen LogP contribution < -0.4 is 9.47 Å². The van der Waals surface area contributed by atoms with Gasteiger partial charge in [-0.25, -0.2) is 0 Å². The first-order valence-corrected chi connectivity index (χ1v) is 21.5. The molecule has 0 bridgehead atoms. The van der Waals surface area contributed by atoms with Crippen LogP contribution in [0.4, 0.5) is 0 Å². The van der Waals surface area contributed by atoms with Crippen LogP contribution in [0.15, 0.2) is 116 Å². The van der Waals surface area contributed by atoms with Gasteiger partial charge in [-0.05, 0) is 159 Å². The Bertz CT molecular complexity index is 2840. The molecule has 0 saturated heterocycles. The number of nitrogens with zero attached hydrogens (tertiary/aromatic N) is 2. The van der Waals surface area contributed by atoms with Crippen LogP contribution in [0.25, 0.3) is 44.8 Å². The van der Waals surface area contributed by atoms with E-state index in [2.05, 4.69) is 63.7 Å². The summed E-state index contributed by atoms with van der Waals surface area (Å²) < 4.78 is 12.8. The van der Waals surface area contributed by atoms with Gasteiger partial charge in [-0.1, -0.05) is 74.5 Å². The van der Waals surface area contributed by atoms with Crippen molar-refractivity contribution in [2.75, 3.05) is 0 Å². The van der Waals surface area contributed by atoms with Crippen LogP contribution in [-0.2, 0) is 22.4 Å². The molecule has 0 radical (unpaired) electrons. The van der Waals surface area contributed by atoms with Crippen LogP contribution in [0.2, 0.25) is 0 Å². The molecule has 2 aromatic heterocycles. The number of benzene rings is 4. The third kappa shape index (κ3) is 7.70. The maximum atomic E-state index is 14.1. The number of aryl methyl sites for hydroxylation is 2. The number of carbonyl (C=O) groups is 2. The zero-order valence-electron chi connectivity index (χ0n) is 37.4. The molecular formula is C54H54N4O4. The van der Waals surface area contributed by atoms with Crippen molar-refractivity contribution in [3.05, 3.63) is 152 Å². The molecule has 0 aliphatic carbocycles. The fraction of sp³-hybridized carbons (Fsp3) is 0.259. The van der Waals surface area contributed by atoms with Gasteiger partial charge in [-0.15, -0.1) is 0 Å². The second-order valence-electron chi connectivity index (χ2n) is 16.5. The maximum absolute atomic E-state index is 14.1. The number of rotatable bonds is 11. The predicted octanol–water partition coefficient (Wildman–Crippen LogP) is 12.9. The number of hydrogen-bond donors (Lipinski definition) is 2. The van der Waals surface area contributed by atoms with Gasteiger partial charge in [-0.2, -0.15) is 0 Å². The number of nitrogens with one attached hydrogen (secondary N) is 2. The van der Waals surface area contributed by atoms with E-state index in [9.17, 15) is 9.59 Å². The quantitative estimate of drug-likeness (QED) is 0.100. The molecule has 0 fully saturated rings. The number of esters is 2. The van der Waals surface area contributed by atoms with Crippen LogP contribution in [0.3, 0.4) is 0 Å². The third-order valence-corrected chi connectivity index (χ3v) is 12.8. The zero-order chi connectivity index (χ0) is 44.0. The molecule has 0 spiro atoms. The highest BCUT2D eigenvalue weighted by atomic mass is 16.5. The van der Waals surface area contributed by atoms with Gasteiger partial charge < -0.3 is 19.4 Å². The van der Waals surface area contributed by atoms with E-state index in [1.165, 1.54) is 22.3 Å². The van der Waals surface area contributed by atoms with Crippen LogP contribution in [-0.4, -0.2) is 33.3 Å². The summed E-state index contributed by atoms with van der Waals surface area (Å²) in [5.74, 6) is -0.0736. The Kier molecular flexibility index (Phi) is 11.4. The van der Waals surface area contributed by atoms with Gasteiger partial charge in [0.2, 0.25) is 0 Å². The van der Waals surface area contributed by atoms with E-state index in [1.54, 1.807) is 0 Å². The molecule has 4 heterocycles. The fourth-order valence-electron chi connectivity index (χ4n) is 9.37. The number of fused-ring (bicyclic) bond motifs is 2. The topological polar surface area (TPSA) is 109 Å². The summed E-state index contributed by atoms with van der Waals surface area (Å²) in [4.78, 5) is 45.0. The van der Waals surface area contributed by atoms with E-state index < -0.39 is 11.9 Å². The Labute approximate surface area is 363 Å². The molecule has 0 atom stereocenters. The Balaban J connectivity index is 1.13. The molecular weight excluding hydrogens is 769 g/mol. The predicted molar refractivity (Wildman–Crippen MR) is 254 cm³/mol. The first-order valence-electron chi connectivity index (χ1n) is 21.5. The SMILES string of the molecule is CCc1c(C)[nH]c(C=C2N=C(C)C(CC(=O)Oc3ccc4ccccc4c3-c3c(OC(=O)CC4=C(C)/C(=C/c5[nH]c(C)c(CC)c5C)N=C4C)ccc4ccccc34)=C2C)c1C.